The molecule has 0 aromatic heterocycles. The lowest BCUT2D eigenvalue weighted by Gasteiger charge is -2.11. The van der Waals surface area contributed by atoms with E-state index in [2.05, 4.69) is 6.92 Å². The molecule has 0 aliphatic heterocycles. The fraction of sp³-hybridized carbons (Fsp3) is 0.294. The number of nitrogens with two attached hydrogens (primary N) is 1. The summed E-state index contributed by atoms with van der Waals surface area (Å²) in [6, 6.07) is 13.0. The van der Waals surface area contributed by atoms with Crippen LogP contribution in [0, 0.1) is 0 Å². The van der Waals surface area contributed by atoms with Crippen LogP contribution in [0.4, 0.5) is 0 Å². The summed E-state index contributed by atoms with van der Waals surface area (Å²) in [7, 11) is 0. The van der Waals surface area contributed by atoms with Gasteiger partial charge < -0.3 is 15.2 Å². The first-order valence-corrected chi connectivity index (χ1v) is 7.43. The Balaban J connectivity index is 2.07. The minimum absolute atomic E-state index is 0.0495. The van der Waals surface area contributed by atoms with Crippen molar-refractivity contribution < 1.29 is 9.47 Å². The third-order valence-electron chi connectivity index (χ3n) is 3.01. The molecule has 2 aromatic carbocycles. The van der Waals surface area contributed by atoms with E-state index in [4.69, 9.17) is 26.8 Å². The van der Waals surface area contributed by atoms with Gasteiger partial charge in [0, 0.05) is 6.04 Å². The van der Waals surface area contributed by atoms with Gasteiger partial charge in [-0.05, 0) is 55.3 Å². The van der Waals surface area contributed by atoms with Gasteiger partial charge in [0.2, 0.25) is 0 Å². The molecule has 0 aliphatic carbocycles. The van der Waals surface area contributed by atoms with Crippen LogP contribution in [0.15, 0.2) is 42.5 Å². The average molecular weight is 306 g/mol. The minimum Gasteiger partial charge on any atom is -0.494 e. The molecular formula is C17H20ClNO2. The van der Waals surface area contributed by atoms with E-state index in [1.807, 2.05) is 49.4 Å². The van der Waals surface area contributed by atoms with Crippen molar-refractivity contribution in [2.24, 2.45) is 5.73 Å². The standard InChI is InChI=1S/C17H20ClNO2/c1-3-10-20-14-5-7-15(8-6-14)21-17-9-4-13(12(2)19)11-16(17)18/h4-9,11-12H,3,10,19H2,1-2H3. The SMILES string of the molecule is CCCOc1ccc(Oc2ccc(C(C)N)cc2Cl)cc1. The number of halogens is 1. The lowest BCUT2D eigenvalue weighted by Crippen LogP contribution is -2.04. The zero-order valence-electron chi connectivity index (χ0n) is 12.3. The highest BCUT2D eigenvalue weighted by Crippen LogP contribution is 2.32. The molecule has 0 saturated carbocycles. The molecule has 0 spiro atoms. The third kappa shape index (κ3) is 4.38. The van der Waals surface area contributed by atoms with Crippen molar-refractivity contribution in [3.8, 4) is 17.2 Å². The molecule has 0 saturated heterocycles. The van der Waals surface area contributed by atoms with Crippen LogP contribution in [-0.4, -0.2) is 6.61 Å². The topological polar surface area (TPSA) is 44.5 Å². The second-order valence-corrected chi connectivity index (χ2v) is 5.31. The van der Waals surface area contributed by atoms with E-state index >= 15 is 0 Å². The highest BCUT2D eigenvalue weighted by atomic mass is 35.5. The fourth-order valence-corrected chi connectivity index (χ4v) is 2.06. The van der Waals surface area contributed by atoms with Gasteiger partial charge in [-0.1, -0.05) is 24.6 Å². The maximum absolute atomic E-state index is 6.22. The van der Waals surface area contributed by atoms with Crippen LogP contribution in [0.25, 0.3) is 0 Å². The fourth-order valence-electron chi connectivity index (χ4n) is 1.83. The Kier molecular flexibility index (Phi) is 5.48. The highest BCUT2D eigenvalue weighted by molar-refractivity contribution is 6.32. The molecule has 2 N–H and O–H groups in total. The van der Waals surface area contributed by atoms with E-state index in [-0.39, 0.29) is 6.04 Å². The predicted molar refractivity (Wildman–Crippen MR) is 86.4 cm³/mol. The van der Waals surface area contributed by atoms with Gasteiger partial charge in [0.15, 0.2) is 0 Å². The summed E-state index contributed by atoms with van der Waals surface area (Å²) in [4.78, 5) is 0. The molecule has 1 atom stereocenters. The van der Waals surface area contributed by atoms with E-state index in [9.17, 15) is 0 Å². The maximum atomic E-state index is 6.22. The molecule has 0 heterocycles. The summed E-state index contributed by atoms with van der Waals surface area (Å²) in [6.45, 7) is 4.71. The molecule has 2 aromatic rings. The molecule has 112 valence electrons. The zero-order chi connectivity index (χ0) is 15.2. The van der Waals surface area contributed by atoms with Crippen LogP contribution >= 0.6 is 11.6 Å². The van der Waals surface area contributed by atoms with E-state index < -0.39 is 0 Å². The van der Waals surface area contributed by atoms with Crippen LogP contribution in [0.3, 0.4) is 0 Å². The van der Waals surface area contributed by atoms with E-state index in [1.165, 1.54) is 0 Å². The van der Waals surface area contributed by atoms with E-state index in [0.29, 0.717) is 23.1 Å². The Morgan fingerprint density at radius 2 is 1.76 bits per heavy atom. The normalized spacial score (nSPS) is 12.0. The van der Waals surface area contributed by atoms with Crippen LogP contribution in [0.5, 0.6) is 17.2 Å². The predicted octanol–water partition coefficient (Wildman–Crippen LogP) is 4.94. The molecule has 2 rings (SSSR count). The van der Waals surface area contributed by atoms with E-state index in [0.717, 1.165) is 17.7 Å². The Morgan fingerprint density at radius 1 is 1.10 bits per heavy atom. The Labute approximate surface area is 130 Å². The second-order valence-electron chi connectivity index (χ2n) is 4.90. The van der Waals surface area contributed by atoms with Gasteiger partial charge in [0.05, 0.1) is 11.6 Å². The number of hydrogen-bond donors (Lipinski definition) is 1. The Hall–Kier alpha value is -1.71. The summed E-state index contributed by atoms with van der Waals surface area (Å²) < 4.78 is 11.3. The van der Waals surface area contributed by atoms with Crippen LogP contribution in [-0.2, 0) is 0 Å². The lowest BCUT2D eigenvalue weighted by molar-refractivity contribution is 0.317. The number of benzene rings is 2. The molecule has 3 nitrogen and oxygen atoms in total. The van der Waals surface area contributed by atoms with Crippen LogP contribution in [0.2, 0.25) is 5.02 Å². The van der Waals surface area contributed by atoms with Crippen molar-refractivity contribution in [2.45, 2.75) is 26.3 Å². The maximum Gasteiger partial charge on any atom is 0.146 e. The molecule has 0 amide bonds. The summed E-state index contributed by atoms with van der Waals surface area (Å²) >= 11 is 6.22. The Bertz CT molecular complexity index is 582. The third-order valence-corrected chi connectivity index (χ3v) is 3.30. The molecule has 1 unspecified atom stereocenters. The summed E-state index contributed by atoms with van der Waals surface area (Å²) in [5, 5.41) is 0.552. The zero-order valence-corrected chi connectivity index (χ0v) is 13.1. The van der Waals surface area contributed by atoms with Crippen molar-refractivity contribution in [1.82, 2.24) is 0 Å². The molecule has 4 heteroatoms. The first-order valence-electron chi connectivity index (χ1n) is 7.06. The van der Waals surface area contributed by atoms with Gasteiger partial charge in [-0.25, -0.2) is 0 Å². The van der Waals surface area contributed by atoms with Gasteiger partial charge in [-0.15, -0.1) is 0 Å². The molecular weight excluding hydrogens is 286 g/mol. The highest BCUT2D eigenvalue weighted by Gasteiger charge is 2.07. The molecule has 21 heavy (non-hydrogen) atoms. The molecule has 0 bridgehead atoms. The van der Waals surface area contributed by atoms with Crippen molar-refractivity contribution in [3.05, 3.63) is 53.1 Å². The minimum atomic E-state index is -0.0495. The summed E-state index contributed by atoms with van der Waals surface area (Å²) in [5.74, 6) is 2.17. The van der Waals surface area contributed by atoms with E-state index in [1.54, 1.807) is 0 Å². The van der Waals surface area contributed by atoms with Crippen molar-refractivity contribution in [1.29, 1.82) is 0 Å². The smallest absolute Gasteiger partial charge is 0.146 e. The quantitative estimate of drug-likeness (QED) is 0.822. The summed E-state index contributed by atoms with van der Waals surface area (Å²) in [6.07, 6.45) is 0.986. The van der Waals surface area contributed by atoms with Gasteiger partial charge in [-0.2, -0.15) is 0 Å². The van der Waals surface area contributed by atoms with Crippen LogP contribution in [0.1, 0.15) is 31.9 Å². The first-order chi connectivity index (χ1) is 10.1. The number of hydrogen-bond acceptors (Lipinski definition) is 3. The monoisotopic (exact) mass is 305 g/mol. The lowest BCUT2D eigenvalue weighted by atomic mass is 10.1. The number of rotatable bonds is 6. The summed E-state index contributed by atoms with van der Waals surface area (Å²) in [5.41, 5.74) is 6.81. The Morgan fingerprint density at radius 3 is 2.33 bits per heavy atom. The second kappa shape index (κ2) is 7.34. The average Bonchev–Trinajstić information content (AvgIpc) is 2.48. The van der Waals surface area contributed by atoms with Gasteiger partial charge in [0.25, 0.3) is 0 Å². The molecule has 0 radical (unpaired) electrons. The molecule has 0 fully saturated rings. The first kappa shape index (κ1) is 15.7. The van der Waals surface area contributed by atoms with Crippen LogP contribution < -0.4 is 15.2 Å². The van der Waals surface area contributed by atoms with Crippen molar-refractivity contribution >= 4 is 11.6 Å². The van der Waals surface area contributed by atoms with Crippen molar-refractivity contribution in [2.75, 3.05) is 6.61 Å². The number of ether oxygens (including phenoxy) is 2. The molecule has 0 aliphatic rings. The largest absolute Gasteiger partial charge is 0.494 e. The van der Waals surface area contributed by atoms with Gasteiger partial charge in [-0.3, -0.25) is 0 Å². The van der Waals surface area contributed by atoms with Gasteiger partial charge >= 0.3 is 0 Å². The van der Waals surface area contributed by atoms with Crippen molar-refractivity contribution in [3.63, 3.8) is 0 Å². The van der Waals surface area contributed by atoms with Gasteiger partial charge in [0.1, 0.15) is 17.2 Å².